The van der Waals surface area contributed by atoms with E-state index in [9.17, 15) is 5.11 Å². The van der Waals surface area contributed by atoms with Gasteiger partial charge in [-0.05, 0) is 99.9 Å². The molecule has 140 valence electrons. The average molecular weight is 351 g/mol. The minimum absolute atomic E-state index is 0.219. The van der Waals surface area contributed by atoms with Crippen LogP contribution in [-0.4, -0.2) is 10.7 Å². The molecule has 0 saturated heterocycles. The lowest BCUT2D eigenvalue weighted by Gasteiger charge is -2.66. The molecule has 1 nitrogen and oxygen atoms in total. The van der Waals surface area contributed by atoms with Crippen molar-refractivity contribution in [3.05, 3.63) is 35.9 Å². The fraction of sp³-hybridized carbons (Fsp3) is 0.760. The maximum Gasteiger partial charge on any atom is 0.0800 e. The summed E-state index contributed by atoms with van der Waals surface area (Å²) in [6.45, 7) is 0. The Morgan fingerprint density at radius 3 is 1.81 bits per heavy atom. The second kappa shape index (κ2) is 5.37. The Hall–Kier alpha value is -0.820. The van der Waals surface area contributed by atoms with E-state index < -0.39 is 5.60 Å². The van der Waals surface area contributed by atoms with E-state index >= 15 is 0 Å². The molecule has 1 unspecified atom stereocenters. The second-order valence-electron chi connectivity index (χ2n) is 11.1. The van der Waals surface area contributed by atoms with Gasteiger partial charge in [0.25, 0.3) is 0 Å². The van der Waals surface area contributed by atoms with Crippen molar-refractivity contribution in [1.82, 2.24) is 0 Å². The molecule has 1 aromatic carbocycles. The molecule has 7 rings (SSSR count). The molecular weight excluding hydrogens is 316 g/mol. The molecule has 6 bridgehead atoms. The Balaban J connectivity index is 1.46. The second-order valence-corrected chi connectivity index (χ2v) is 11.1. The first-order valence-corrected chi connectivity index (χ1v) is 11.4. The summed E-state index contributed by atoms with van der Waals surface area (Å²) in [5.41, 5.74) is 1.34. The molecule has 1 atom stereocenters. The SMILES string of the molecule is OC(Cc1ccccc1)(C12CCC(CC1)C2)C12CC3CC(CC(C3)C1)C2. The molecule has 0 aliphatic heterocycles. The Morgan fingerprint density at radius 1 is 0.769 bits per heavy atom. The maximum atomic E-state index is 12.8. The summed E-state index contributed by atoms with van der Waals surface area (Å²) >= 11 is 0. The highest BCUT2D eigenvalue weighted by atomic mass is 16.3. The van der Waals surface area contributed by atoms with Crippen molar-refractivity contribution < 1.29 is 5.11 Å². The van der Waals surface area contributed by atoms with Crippen molar-refractivity contribution in [1.29, 1.82) is 0 Å². The average Bonchev–Trinajstić information content (AvgIpc) is 3.24. The van der Waals surface area contributed by atoms with E-state index in [-0.39, 0.29) is 10.8 Å². The van der Waals surface area contributed by atoms with E-state index in [1.165, 1.54) is 76.2 Å². The molecule has 6 aliphatic carbocycles. The zero-order valence-electron chi connectivity index (χ0n) is 16.1. The predicted molar refractivity (Wildman–Crippen MR) is 105 cm³/mol. The minimum atomic E-state index is -0.470. The molecule has 0 radical (unpaired) electrons. The largest absolute Gasteiger partial charge is 0.388 e. The van der Waals surface area contributed by atoms with Crippen LogP contribution in [0, 0.1) is 34.5 Å². The lowest BCUT2D eigenvalue weighted by Crippen LogP contribution is -2.65. The van der Waals surface area contributed by atoms with Gasteiger partial charge in [-0.3, -0.25) is 0 Å². The Labute approximate surface area is 158 Å². The molecule has 26 heavy (non-hydrogen) atoms. The fourth-order valence-electron chi connectivity index (χ4n) is 9.22. The van der Waals surface area contributed by atoms with Gasteiger partial charge < -0.3 is 5.11 Å². The molecule has 1 heteroatoms. The summed E-state index contributed by atoms with van der Waals surface area (Å²) in [6, 6.07) is 11.0. The molecule has 0 heterocycles. The zero-order chi connectivity index (χ0) is 17.4. The summed E-state index contributed by atoms with van der Waals surface area (Å²) in [5.74, 6) is 3.65. The van der Waals surface area contributed by atoms with Gasteiger partial charge in [0, 0.05) is 17.3 Å². The molecule has 1 aromatic rings. The van der Waals surface area contributed by atoms with Crippen LogP contribution in [-0.2, 0) is 6.42 Å². The van der Waals surface area contributed by atoms with Crippen molar-refractivity contribution in [2.75, 3.05) is 0 Å². The molecule has 0 spiro atoms. The first-order valence-electron chi connectivity index (χ1n) is 11.4. The number of rotatable bonds is 4. The smallest absolute Gasteiger partial charge is 0.0800 e. The summed E-state index contributed by atoms with van der Waals surface area (Å²) in [5, 5.41) is 12.8. The summed E-state index contributed by atoms with van der Waals surface area (Å²) in [6.07, 6.45) is 16.0. The number of hydrogen-bond donors (Lipinski definition) is 1. The molecule has 6 aliphatic rings. The van der Waals surface area contributed by atoms with E-state index in [0.29, 0.717) is 0 Å². The highest BCUT2D eigenvalue weighted by Crippen LogP contribution is 2.72. The standard InChI is InChI=1S/C25H34O/c26-25(17-18-4-2-1-3-5-18,23-8-6-19(13-23)7-9-23)24-14-20-10-21(15-24)12-22(11-20)16-24/h1-5,19-22,26H,6-17H2. The minimum Gasteiger partial charge on any atom is -0.388 e. The number of aliphatic hydroxyl groups is 1. The summed E-state index contributed by atoms with van der Waals surface area (Å²) in [4.78, 5) is 0. The van der Waals surface area contributed by atoms with Crippen LogP contribution in [0.2, 0.25) is 0 Å². The van der Waals surface area contributed by atoms with Gasteiger partial charge >= 0.3 is 0 Å². The van der Waals surface area contributed by atoms with Gasteiger partial charge in [0.2, 0.25) is 0 Å². The highest BCUT2D eigenvalue weighted by Gasteiger charge is 2.68. The van der Waals surface area contributed by atoms with Crippen molar-refractivity contribution in [2.45, 2.75) is 82.7 Å². The summed E-state index contributed by atoms with van der Waals surface area (Å²) < 4.78 is 0. The maximum absolute atomic E-state index is 12.8. The van der Waals surface area contributed by atoms with Crippen molar-refractivity contribution in [3.8, 4) is 0 Å². The third kappa shape index (κ3) is 2.07. The van der Waals surface area contributed by atoms with E-state index in [1.807, 2.05) is 0 Å². The number of benzene rings is 1. The van der Waals surface area contributed by atoms with E-state index in [4.69, 9.17) is 0 Å². The lowest BCUT2D eigenvalue weighted by molar-refractivity contribution is -0.231. The molecule has 0 aromatic heterocycles. The Bertz CT molecular complexity index is 648. The van der Waals surface area contributed by atoms with Crippen LogP contribution >= 0.6 is 0 Å². The van der Waals surface area contributed by atoms with Gasteiger partial charge in [-0.15, -0.1) is 0 Å². The first-order chi connectivity index (χ1) is 12.6. The Kier molecular flexibility index (Phi) is 3.34. The van der Waals surface area contributed by atoms with Crippen molar-refractivity contribution in [2.24, 2.45) is 34.5 Å². The fourth-order valence-corrected chi connectivity index (χ4v) is 9.22. The van der Waals surface area contributed by atoms with E-state index in [1.54, 1.807) is 0 Å². The van der Waals surface area contributed by atoms with Gasteiger partial charge in [-0.1, -0.05) is 30.3 Å². The van der Waals surface area contributed by atoms with E-state index in [2.05, 4.69) is 30.3 Å². The van der Waals surface area contributed by atoms with Gasteiger partial charge in [0.05, 0.1) is 5.60 Å². The summed E-state index contributed by atoms with van der Waals surface area (Å²) in [7, 11) is 0. The van der Waals surface area contributed by atoms with Crippen LogP contribution in [0.25, 0.3) is 0 Å². The highest BCUT2D eigenvalue weighted by molar-refractivity contribution is 5.25. The monoisotopic (exact) mass is 350 g/mol. The van der Waals surface area contributed by atoms with Crippen molar-refractivity contribution >= 4 is 0 Å². The van der Waals surface area contributed by atoms with Crippen LogP contribution in [0.4, 0.5) is 0 Å². The number of hydrogen-bond acceptors (Lipinski definition) is 1. The lowest BCUT2D eigenvalue weighted by atomic mass is 9.41. The van der Waals surface area contributed by atoms with Gasteiger partial charge in [-0.2, -0.15) is 0 Å². The van der Waals surface area contributed by atoms with Crippen LogP contribution in [0.5, 0.6) is 0 Å². The Morgan fingerprint density at radius 2 is 1.31 bits per heavy atom. The topological polar surface area (TPSA) is 20.2 Å². The molecular formula is C25H34O. The quantitative estimate of drug-likeness (QED) is 0.732. The van der Waals surface area contributed by atoms with Gasteiger partial charge in [0.1, 0.15) is 0 Å². The first kappa shape index (κ1) is 16.2. The van der Waals surface area contributed by atoms with Crippen LogP contribution in [0.1, 0.15) is 76.2 Å². The molecule has 1 N–H and O–H groups in total. The van der Waals surface area contributed by atoms with Crippen LogP contribution in [0.3, 0.4) is 0 Å². The number of fused-ring (bicyclic) bond motifs is 2. The third-order valence-electron chi connectivity index (χ3n) is 9.84. The third-order valence-corrected chi connectivity index (χ3v) is 9.84. The molecule has 0 amide bonds. The predicted octanol–water partition coefficient (Wildman–Crippen LogP) is 5.76. The van der Waals surface area contributed by atoms with Crippen LogP contribution in [0.15, 0.2) is 30.3 Å². The molecule has 6 saturated carbocycles. The van der Waals surface area contributed by atoms with E-state index in [0.717, 1.165) is 30.1 Å². The molecule has 6 fully saturated rings. The zero-order valence-corrected chi connectivity index (χ0v) is 16.1. The van der Waals surface area contributed by atoms with Gasteiger partial charge in [0.15, 0.2) is 0 Å². The van der Waals surface area contributed by atoms with Crippen LogP contribution < -0.4 is 0 Å². The normalized spacial score (nSPS) is 48.0. The van der Waals surface area contributed by atoms with Gasteiger partial charge in [-0.25, -0.2) is 0 Å². The van der Waals surface area contributed by atoms with Crippen molar-refractivity contribution in [3.63, 3.8) is 0 Å².